The highest BCUT2D eigenvalue weighted by Gasteiger charge is 2.15. The predicted molar refractivity (Wildman–Crippen MR) is 69.1 cm³/mol. The number of hydrogen-bond acceptors (Lipinski definition) is 6. The van der Waals surface area contributed by atoms with E-state index in [4.69, 9.17) is 4.74 Å². The van der Waals surface area contributed by atoms with Crippen LogP contribution in [0, 0.1) is 0 Å². The van der Waals surface area contributed by atoms with Crippen molar-refractivity contribution < 1.29 is 13.2 Å². The Balaban J connectivity index is 2.79. The summed E-state index contributed by atoms with van der Waals surface area (Å²) in [6, 6.07) is 1.51. The summed E-state index contributed by atoms with van der Waals surface area (Å²) in [5, 5.41) is 0.233. The third-order valence-electron chi connectivity index (χ3n) is 2.53. The first-order chi connectivity index (χ1) is 8.84. The van der Waals surface area contributed by atoms with Crippen molar-refractivity contribution in [3.63, 3.8) is 0 Å². The van der Waals surface area contributed by atoms with E-state index in [9.17, 15) is 13.2 Å². The van der Waals surface area contributed by atoms with E-state index in [1.165, 1.54) is 23.9 Å². The highest BCUT2D eigenvalue weighted by Crippen LogP contribution is 2.15. The minimum Gasteiger partial charge on any atom is -0.488 e. The highest BCUT2D eigenvalue weighted by molar-refractivity contribution is 7.90. The molecular weight excluding hydrogens is 270 g/mol. The molecule has 0 atom stereocenters. The second-order valence-corrected chi connectivity index (χ2v) is 5.92. The lowest BCUT2D eigenvalue weighted by atomic mass is 10.3. The standard InChI is InChI=1S/C11H13N3O4S/c1-4-18-8-5-7-6-12-11(19(3,16)17)13-9(7)14(2)10(8)15/h5-6H,4H2,1-3H3. The minimum atomic E-state index is -3.51. The molecule has 0 aliphatic carbocycles. The van der Waals surface area contributed by atoms with E-state index >= 15 is 0 Å². The molecule has 0 saturated heterocycles. The fourth-order valence-electron chi connectivity index (χ4n) is 1.64. The number of fused-ring (bicyclic) bond motifs is 1. The smallest absolute Gasteiger partial charge is 0.294 e. The van der Waals surface area contributed by atoms with E-state index in [1.54, 1.807) is 6.92 Å². The molecule has 0 aromatic carbocycles. The van der Waals surface area contributed by atoms with Gasteiger partial charge in [-0.05, 0) is 13.0 Å². The van der Waals surface area contributed by atoms with Crippen molar-refractivity contribution in [3.05, 3.63) is 22.6 Å². The van der Waals surface area contributed by atoms with Crippen LogP contribution in [0.25, 0.3) is 11.0 Å². The van der Waals surface area contributed by atoms with Gasteiger partial charge in [-0.3, -0.25) is 9.36 Å². The first-order valence-electron chi connectivity index (χ1n) is 5.54. The monoisotopic (exact) mass is 283 g/mol. The molecule has 2 heterocycles. The zero-order valence-electron chi connectivity index (χ0n) is 10.7. The Morgan fingerprint density at radius 2 is 2.11 bits per heavy atom. The second kappa shape index (κ2) is 4.61. The third kappa shape index (κ3) is 2.43. The van der Waals surface area contributed by atoms with E-state index < -0.39 is 9.84 Å². The summed E-state index contributed by atoms with van der Waals surface area (Å²) in [4.78, 5) is 19.7. The Kier molecular flexibility index (Phi) is 3.27. The van der Waals surface area contributed by atoms with Gasteiger partial charge in [-0.25, -0.2) is 13.4 Å². The number of aryl methyl sites for hydroxylation is 1. The van der Waals surface area contributed by atoms with Crippen LogP contribution in [0.15, 0.2) is 22.2 Å². The van der Waals surface area contributed by atoms with Crippen molar-refractivity contribution >= 4 is 20.9 Å². The number of ether oxygens (including phenoxy) is 1. The van der Waals surface area contributed by atoms with Gasteiger partial charge in [-0.15, -0.1) is 0 Å². The molecule has 2 aromatic heterocycles. The summed E-state index contributed by atoms with van der Waals surface area (Å²) in [5.74, 6) is 0.188. The SMILES string of the molecule is CCOc1cc2cnc(S(C)(=O)=O)nc2n(C)c1=O. The van der Waals surface area contributed by atoms with Gasteiger partial charge in [-0.1, -0.05) is 0 Å². The lowest BCUT2D eigenvalue weighted by molar-refractivity contribution is 0.334. The topological polar surface area (TPSA) is 91.2 Å². The van der Waals surface area contributed by atoms with E-state index in [2.05, 4.69) is 9.97 Å². The largest absolute Gasteiger partial charge is 0.488 e. The summed E-state index contributed by atoms with van der Waals surface area (Å²) in [5.41, 5.74) is -0.114. The molecular formula is C11H13N3O4S. The van der Waals surface area contributed by atoms with Crippen molar-refractivity contribution in [1.82, 2.24) is 14.5 Å². The zero-order valence-corrected chi connectivity index (χ0v) is 11.6. The number of rotatable bonds is 3. The summed E-state index contributed by atoms with van der Waals surface area (Å²) >= 11 is 0. The fraction of sp³-hybridized carbons (Fsp3) is 0.364. The van der Waals surface area contributed by atoms with Crippen LogP contribution in [0.4, 0.5) is 0 Å². The van der Waals surface area contributed by atoms with Gasteiger partial charge in [0.15, 0.2) is 5.75 Å². The highest BCUT2D eigenvalue weighted by atomic mass is 32.2. The van der Waals surface area contributed by atoms with Crippen LogP contribution in [-0.4, -0.2) is 35.8 Å². The molecule has 0 N–H and O–H groups in total. The molecule has 0 spiro atoms. The van der Waals surface area contributed by atoms with Crippen molar-refractivity contribution in [2.45, 2.75) is 12.1 Å². The molecule has 0 aliphatic heterocycles. The van der Waals surface area contributed by atoms with Crippen molar-refractivity contribution in [1.29, 1.82) is 0 Å². The van der Waals surface area contributed by atoms with Gasteiger partial charge < -0.3 is 4.74 Å². The predicted octanol–water partition coefficient (Wildman–Crippen LogP) is 0.131. The molecule has 19 heavy (non-hydrogen) atoms. The van der Waals surface area contributed by atoms with Crippen LogP contribution in [-0.2, 0) is 16.9 Å². The van der Waals surface area contributed by atoms with Crippen LogP contribution >= 0.6 is 0 Å². The summed E-state index contributed by atoms with van der Waals surface area (Å²) < 4.78 is 29.3. The van der Waals surface area contributed by atoms with Crippen LogP contribution in [0.2, 0.25) is 0 Å². The minimum absolute atomic E-state index is 0.188. The molecule has 2 aromatic rings. The lowest BCUT2D eigenvalue weighted by Gasteiger charge is -2.08. The average molecular weight is 283 g/mol. The molecule has 0 bridgehead atoms. The van der Waals surface area contributed by atoms with Gasteiger partial charge in [0.25, 0.3) is 5.56 Å². The summed E-state index contributed by atoms with van der Waals surface area (Å²) in [6.07, 6.45) is 2.38. The van der Waals surface area contributed by atoms with E-state index in [-0.39, 0.29) is 22.1 Å². The molecule has 0 amide bonds. The van der Waals surface area contributed by atoms with E-state index in [0.29, 0.717) is 12.0 Å². The molecule has 0 fully saturated rings. The number of nitrogens with zero attached hydrogens (tertiary/aromatic N) is 3. The molecule has 0 saturated carbocycles. The van der Waals surface area contributed by atoms with Gasteiger partial charge in [-0.2, -0.15) is 4.98 Å². The maximum atomic E-state index is 12.0. The Bertz CT molecular complexity index is 795. The van der Waals surface area contributed by atoms with Gasteiger partial charge >= 0.3 is 0 Å². The van der Waals surface area contributed by atoms with Crippen molar-refractivity contribution in [3.8, 4) is 5.75 Å². The van der Waals surface area contributed by atoms with Gasteiger partial charge in [0, 0.05) is 24.9 Å². The van der Waals surface area contributed by atoms with Crippen molar-refractivity contribution in [2.75, 3.05) is 12.9 Å². The number of pyridine rings is 1. The average Bonchev–Trinajstić information content (AvgIpc) is 2.34. The molecule has 2 rings (SSSR count). The number of hydrogen-bond donors (Lipinski definition) is 0. The number of aromatic nitrogens is 3. The quantitative estimate of drug-likeness (QED) is 0.744. The first-order valence-corrected chi connectivity index (χ1v) is 7.43. The van der Waals surface area contributed by atoms with Gasteiger partial charge in [0.05, 0.1) is 6.61 Å². The van der Waals surface area contributed by atoms with Crippen LogP contribution in [0.5, 0.6) is 5.75 Å². The van der Waals surface area contributed by atoms with E-state index in [1.807, 2.05) is 0 Å². The number of sulfone groups is 1. The van der Waals surface area contributed by atoms with Crippen molar-refractivity contribution in [2.24, 2.45) is 7.05 Å². The zero-order chi connectivity index (χ0) is 14.2. The summed E-state index contributed by atoms with van der Waals surface area (Å²) in [6.45, 7) is 2.13. The van der Waals surface area contributed by atoms with Crippen LogP contribution < -0.4 is 10.3 Å². The molecule has 0 radical (unpaired) electrons. The normalized spacial score (nSPS) is 11.7. The van der Waals surface area contributed by atoms with Gasteiger partial charge in [0.2, 0.25) is 15.0 Å². The Morgan fingerprint density at radius 1 is 1.42 bits per heavy atom. The van der Waals surface area contributed by atoms with Crippen LogP contribution in [0.1, 0.15) is 6.92 Å². The first kappa shape index (κ1) is 13.5. The Labute approximate surface area is 109 Å². The molecule has 7 nitrogen and oxygen atoms in total. The summed E-state index contributed by atoms with van der Waals surface area (Å²) in [7, 11) is -2.01. The fourth-order valence-corrected chi connectivity index (χ4v) is 2.14. The lowest BCUT2D eigenvalue weighted by Crippen LogP contribution is -2.21. The van der Waals surface area contributed by atoms with Crippen LogP contribution in [0.3, 0.4) is 0 Å². The third-order valence-corrected chi connectivity index (χ3v) is 3.39. The molecule has 0 unspecified atom stereocenters. The molecule has 8 heteroatoms. The van der Waals surface area contributed by atoms with Gasteiger partial charge in [0.1, 0.15) is 5.65 Å². The van der Waals surface area contributed by atoms with E-state index in [0.717, 1.165) is 6.26 Å². The maximum absolute atomic E-state index is 12.0. The maximum Gasteiger partial charge on any atom is 0.294 e. The Hall–Kier alpha value is -1.96. The molecule has 102 valence electrons. The second-order valence-electron chi connectivity index (χ2n) is 4.01. The Morgan fingerprint density at radius 3 is 2.68 bits per heavy atom. The molecule has 0 aliphatic rings.